The molecule has 0 fully saturated rings. The third kappa shape index (κ3) is 4.07. The van der Waals surface area contributed by atoms with Gasteiger partial charge in [-0.15, -0.1) is 0 Å². The van der Waals surface area contributed by atoms with Gasteiger partial charge in [-0.05, 0) is 60.6 Å². The molecular weight excluding hydrogens is 374 g/mol. The molecule has 3 rings (SSSR count). The Morgan fingerprint density at radius 2 is 1.93 bits per heavy atom. The van der Waals surface area contributed by atoms with Gasteiger partial charge in [0.05, 0.1) is 22.6 Å². The minimum Gasteiger partial charge on any atom is -0.478 e. The second kappa shape index (κ2) is 7.24. The summed E-state index contributed by atoms with van der Waals surface area (Å²) in [5, 5.41) is 12.4. The molecule has 0 bridgehead atoms. The fourth-order valence-electron chi connectivity index (χ4n) is 3.75. The Bertz CT molecular complexity index is 1010. The first kappa shape index (κ1) is 20.4. The highest BCUT2D eigenvalue weighted by atomic mass is 32.2. The lowest BCUT2D eigenvalue weighted by Gasteiger charge is -2.41. The Kier molecular flexibility index (Phi) is 5.28. The van der Waals surface area contributed by atoms with Crippen LogP contribution < -0.4 is 5.32 Å². The van der Waals surface area contributed by atoms with Crippen LogP contribution in [0.4, 0.5) is 5.69 Å². The average Bonchev–Trinajstić information content (AvgIpc) is 2.59. The van der Waals surface area contributed by atoms with E-state index in [0.29, 0.717) is 0 Å². The summed E-state index contributed by atoms with van der Waals surface area (Å²) in [5.74, 6) is -0.897. The van der Waals surface area contributed by atoms with Crippen LogP contribution in [-0.2, 0) is 22.0 Å². The van der Waals surface area contributed by atoms with Crippen LogP contribution in [0.2, 0.25) is 0 Å². The first-order valence-electron chi connectivity index (χ1n) is 9.43. The monoisotopic (exact) mass is 401 g/mol. The lowest BCUT2D eigenvalue weighted by Crippen LogP contribution is -2.35. The summed E-state index contributed by atoms with van der Waals surface area (Å²) in [7, 11) is -3.17. The molecule has 0 aliphatic carbocycles. The SMILES string of the molecule is CC(C)S(=O)(=O)Cc1cccc(C2Nc3ccc(C(=O)O)cc3CC2(C)C)c1. The molecule has 2 aromatic rings. The summed E-state index contributed by atoms with van der Waals surface area (Å²) in [6, 6.07) is 12.9. The van der Waals surface area contributed by atoms with E-state index in [1.54, 1.807) is 26.0 Å². The van der Waals surface area contributed by atoms with E-state index in [4.69, 9.17) is 0 Å². The highest BCUT2D eigenvalue weighted by molar-refractivity contribution is 7.91. The summed E-state index contributed by atoms with van der Waals surface area (Å²) >= 11 is 0. The lowest BCUT2D eigenvalue weighted by molar-refractivity contribution is 0.0696. The minimum absolute atomic E-state index is 0.00242. The average molecular weight is 402 g/mol. The Labute approximate surface area is 166 Å². The molecule has 5 nitrogen and oxygen atoms in total. The third-order valence-electron chi connectivity index (χ3n) is 5.45. The second-order valence-electron chi connectivity index (χ2n) is 8.52. The van der Waals surface area contributed by atoms with Crippen molar-refractivity contribution in [3.8, 4) is 0 Å². The molecule has 6 heteroatoms. The number of hydrogen-bond acceptors (Lipinski definition) is 4. The molecule has 0 amide bonds. The molecule has 1 heterocycles. The van der Waals surface area contributed by atoms with Crippen molar-refractivity contribution in [2.45, 2.75) is 51.2 Å². The van der Waals surface area contributed by atoms with Gasteiger partial charge in [0.2, 0.25) is 0 Å². The van der Waals surface area contributed by atoms with Crippen molar-refractivity contribution in [2.24, 2.45) is 5.41 Å². The van der Waals surface area contributed by atoms with Gasteiger partial charge in [0.1, 0.15) is 0 Å². The van der Waals surface area contributed by atoms with Crippen LogP contribution in [-0.4, -0.2) is 24.7 Å². The number of aromatic carboxylic acids is 1. The first-order valence-corrected chi connectivity index (χ1v) is 11.1. The zero-order valence-corrected chi connectivity index (χ0v) is 17.5. The van der Waals surface area contributed by atoms with Crippen molar-refractivity contribution in [3.63, 3.8) is 0 Å². The summed E-state index contributed by atoms with van der Waals surface area (Å²) < 4.78 is 24.6. The van der Waals surface area contributed by atoms with Crippen molar-refractivity contribution >= 4 is 21.5 Å². The van der Waals surface area contributed by atoms with Crippen LogP contribution in [0.1, 0.15) is 60.8 Å². The van der Waals surface area contributed by atoms with Crippen molar-refractivity contribution in [1.29, 1.82) is 0 Å². The molecule has 0 saturated heterocycles. The van der Waals surface area contributed by atoms with E-state index >= 15 is 0 Å². The number of carboxylic acids is 1. The smallest absolute Gasteiger partial charge is 0.335 e. The van der Waals surface area contributed by atoms with Crippen molar-refractivity contribution in [2.75, 3.05) is 5.32 Å². The van der Waals surface area contributed by atoms with E-state index in [1.165, 1.54) is 0 Å². The summed E-state index contributed by atoms with van der Waals surface area (Å²) in [5.41, 5.74) is 3.86. The van der Waals surface area contributed by atoms with Gasteiger partial charge in [0.15, 0.2) is 9.84 Å². The predicted molar refractivity (Wildman–Crippen MR) is 111 cm³/mol. The molecule has 1 aliphatic heterocycles. The predicted octanol–water partition coefficient (Wildman–Crippen LogP) is 4.44. The molecule has 150 valence electrons. The first-order chi connectivity index (χ1) is 13.0. The number of benzene rings is 2. The molecular formula is C22H27NO4S. The number of sulfone groups is 1. The second-order valence-corrected chi connectivity index (χ2v) is 11.1. The fourth-order valence-corrected chi connectivity index (χ4v) is 4.73. The maximum absolute atomic E-state index is 12.3. The van der Waals surface area contributed by atoms with E-state index in [9.17, 15) is 18.3 Å². The number of carboxylic acid groups (broad SMARTS) is 1. The van der Waals surface area contributed by atoms with Crippen LogP contribution in [0, 0.1) is 5.41 Å². The van der Waals surface area contributed by atoms with Gasteiger partial charge in [-0.25, -0.2) is 13.2 Å². The molecule has 0 spiro atoms. The minimum atomic E-state index is -3.17. The molecule has 1 aliphatic rings. The molecule has 1 atom stereocenters. The van der Waals surface area contributed by atoms with Crippen LogP contribution in [0.5, 0.6) is 0 Å². The number of hydrogen-bond donors (Lipinski definition) is 2. The van der Waals surface area contributed by atoms with E-state index in [2.05, 4.69) is 19.2 Å². The zero-order valence-electron chi connectivity index (χ0n) is 16.7. The summed E-state index contributed by atoms with van der Waals surface area (Å²) in [6.07, 6.45) is 0.732. The largest absolute Gasteiger partial charge is 0.478 e. The fraction of sp³-hybridized carbons (Fsp3) is 0.409. The molecule has 0 radical (unpaired) electrons. The molecule has 0 aromatic heterocycles. The van der Waals surface area contributed by atoms with Gasteiger partial charge >= 0.3 is 5.97 Å². The highest BCUT2D eigenvalue weighted by Gasteiger charge is 2.36. The number of rotatable bonds is 5. The van der Waals surface area contributed by atoms with Crippen LogP contribution in [0.25, 0.3) is 0 Å². The van der Waals surface area contributed by atoms with E-state index in [-0.39, 0.29) is 22.8 Å². The van der Waals surface area contributed by atoms with Gasteiger partial charge < -0.3 is 10.4 Å². The number of carbonyl (C=O) groups is 1. The maximum Gasteiger partial charge on any atom is 0.335 e. The van der Waals surface area contributed by atoms with Gasteiger partial charge in [0, 0.05) is 5.69 Å². The molecule has 2 aromatic carbocycles. The number of fused-ring (bicyclic) bond motifs is 1. The van der Waals surface area contributed by atoms with Gasteiger partial charge in [0.25, 0.3) is 0 Å². The summed E-state index contributed by atoms with van der Waals surface area (Å²) in [6.45, 7) is 7.68. The topological polar surface area (TPSA) is 83.5 Å². The Hall–Kier alpha value is -2.34. The zero-order chi connectivity index (χ0) is 20.7. The van der Waals surface area contributed by atoms with Gasteiger partial charge in [-0.1, -0.05) is 38.1 Å². The maximum atomic E-state index is 12.3. The third-order valence-corrected chi connectivity index (χ3v) is 7.62. The Morgan fingerprint density at radius 1 is 1.21 bits per heavy atom. The van der Waals surface area contributed by atoms with Gasteiger partial charge in [-0.3, -0.25) is 0 Å². The van der Waals surface area contributed by atoms with E-state index in [1.807, 2.05) is 30.3 Å². The number of anilines is 1. The lowest BCUT2D eigenvalue weighted by atomic mass is 9.72. The van der Waals surface area contributed by atoms with Crippen LogP contribution in [0.15, 0.2) is 42.5 Å². The standard InChI is InChI=1S/C22H27NO4S/c1-14(2)28(26,27)13-15-6-5-7-16(10-15)20-22(3,4)12-18-11-17(21(24)25)8-9-19(18)23-20/h5-11,14,20,23H,12-13H2,1-4H3,(H,24,25). The molecule has 2 N–H and O–H groups in total. The van der Waals surface area contributed by atoms with E-state index in [0.717, 1.165) is 28.8 Å². The van der Waals surface area contributed by atoms with Gasteiger partial charge in [-0.2, -0.15) is 0 Å². The number of nitrogens with one attached hydrogen (secondary N) is 1. The van der Waals surface area contributed by atoms with Crippen LogP contribution >= 0.6 is 0 Å². The van der Waals surface area contributed by atoms with Crippen molar-refractivity contribution in [3.05, 3.63) is 64.7 Å². The molecule has 0 saturated carbocycles. The Balaban J connectivity index is 1.94. The molecule has 1 unspecified atom stereocenters. The van der Waals surface area contributed by atoms with Crippen molar-refractivity contribution < 1.29 is 18.3 Å². The Morgan fingerprint density at radius 3 is 2.57 bits per heavy atom. The molecule has 28 heavy (non-hydrogen) atoms. The normalized spacial score (nSPS) is 18.4. The van der Waals surface area contributed by atoms with Crippen molar-refractivity contribution in [1.82, 2.24) is 0 Å². The quantitative estimate of drug-likeness (QED) is 0.774. The highest BCUT2D eigenvalue weighted by Crippen LogP contribution is 2.45. The summed E-state index contributed by atoms with van der Waals surface area (Å²) in [4.78, 5) is 11.3. The van der Waals surface area contributed by atoms with E-state index < -0.39 is 21.1 Å². The van der Waals surface area contributed by atoms with Crippen LogP contribution in [0.3, 0.4) is 0 Å².